The highest BCUT2D eigenvalue weighted by atomic mass is 19.1. The zero-order valence-electron chi connectivity index (χ0n) is 18.8. The molecule has 1 N–H and O–H groups in total. The maximum atomic E-state index is 13.2. The summed E-state index contributed by atoms with van der Waals surface area (Å²) >= 11 is 0. The summed E-state index contributed by atoms with van der Waals surface area (Å²) in [6, 6.07) is 11.2. The third-order valence-corrected chi connectivity index (χ3v) is 6.29. The summed E-state index contributed by atoms with van der Waals surface area (Å²) < 4.78 is 29.9. The standard InChI is InChI=1S/C26H28FNO5/c1-17-7-6-10-22(23(17)25(29)31-2)26(30,19-8-4-3-5-9-19)33-16-21-15-32-24(28-21)18-11-13-20(27)14-12-18/h6-7,10-15,19,30H,3-5,8-9,16H2,1-2H3. The highest BCUT2D eigenvalue weighted by Gasteiger charge is 2.43. The van der Waals surface area contributed by atoms with Crippen LogP contribution in [0, 0.1) is 18.7 Å². The molecular formula is C26H28FNO5. The number of halogens is 1. The normalized spacial score (nSPS) is 16.4. The lowest BCUT2D eigenvalue weighted by atomic mass is 9.78. The summed E-state index contributed by atoms with van der Waals surface area (Å²) in [5.74, 6) is -2.39. The SMILES string of the molecule is COC(=O)c1c(C)cccc1C(O)(OCc1coc(-c2ccc(F)cc2)n1)C1CCCCC1. The van der Waals surface area contributed by atoms with Crippen molar-refractivity contribution in [2.24, 2.45) is 5.92 Å². The van der Waals surface area contributed by atoms with Crippen LogP contribution in [0.5, 0.6) is 0 Å². The van der Waals surface area contributed by atoms with Gasteiger partial charge >= 0.3 is 5.97 Å². The van der Waals surface area contributed by atoms with Gasteiger partial charge in [-0.05, 0) is 49.6 Å². The van der Waals surface area contributed by atoms with E-state index in [1.165, 1.54) is 25.5 Å². The lowest BCUT2D eigenvalue weighted by Gasteiger charge is -2.39. The van der Waals surface area contributed by atoms with E-state index in [0.717, 1.165) is 32.1 Å². The zero-order chi connectivity index (χ0) is 23.4. The van der Waals surface area contributed by atoms with E-state index in [9.17, 15) is 14.3 Å². The summed E-state index contributed by atoms with van der Waals surface area (Å²) in [5.41, 5.74) is 2.55. The minimum atomic E-state index is -1.69. The van der Waals surface area contributed by atoms with E-state index < -0.39 is 11.8 Å². The van der Waals surface area contributed by atoms with Gasteiger partial charge in [-0.25, -0.2) is 14.2 Å². The van der Waals surface area contributed by atoms with Crippen LogP contribution in [-0.4, -0.2) is 23.2 Å². The van der Waals surface area contributed by atoms with Gasteiger partial charge in [0.25, 0.3) is 0 Å². The van der Waals surface area contributed by atoms with Crippen LogP contribution in [0.3, 0.4) is 0 Å². The van der Waals surface area contributed by atoms with Crippen molar-refractivity contribution in [3.63, 3.8) is 0 Å². The predicted octanol–water partition coefficient (Wildman–Crippen LogP) is 5.52. The van der Waals surface area contributed by atoms with Gasteiger partial charge in [-0.15, -0.1) is 0 Å². The Labute approximate surface area is 192 Å². The number of benzene rings is 2. The Kier molecular flexibility index (Phi) is 6.91. The molecule has 0 spiro atoms. The molecule has 33 heavy (non-hydrogen) atoms. The van der Waals surface area contributed by atoms with Crippen molar-refractivity contribution in [1.29, 1.82) is 0 Å². The molecule has 1 aliphatic carbocycles. The minimum Gasteiger partial charge on any atom is -0.465 e. The fraction of sp³-hybridized carbons (Fsp3) is 0.385. The molecule has 1 atom stereocenters. The van der Waals surface area contributed by atoms with E-state index in [0.29, 0.717) is 33.8 Å². The second-order valence-electron chi connectivity index (χ2n) is 8.46. The number of aromatic nitrogens is 1. The highest BCUT2D eigenvalue weighted by Crippen LogP contribution is 2.42. The maximum Gasteiger partial charge on any atom is 0.338 e. The van der Waals surface area contributed by atoms with Gasteiger partial charge in [-0.1, -0.05) is 37.5 Å². The van der Waals surface area contributed by atoms with E-state index >= 15 is 0 Å². The van der Waals surface area contributed by atoms with Gasteiger partial charge in [0.2, 0.25) is 5.89 Å². The molecule has 2 aromatic carbocycles. The topological polar surface area (TPSA) is 81.8 Å². The number of ether oxygens (including phenoxy) is 2. The summed E-state index contributed by atoms with van der Waals surface area (Å²) in [6.07, 6.45) is 6.09. The van der Waals surface area contributed by atoms with Gasteiger partial charge in [0.15, 0.2) is 5.79 Å². The molecule has 1 aromatic heterocycles. The smallest absolute Gasteiger partial charge is 0.338 e. The van der Waals surface area contributed by atoms with E-state index in [-0.39, 0.29) is 18.3 Å². The first kappa shape index (κ1) is 23.1. The monoisotopic (exact) mass is 453 g/mol. The summed E-state index contributed by atoms with van der Waals surface area (Å²) in [7, 11) is 1.32. The molecule has 3 aromatic rings. The number of nitrogens with zero attached hydrogens (tertiary/aromatic N) is 1. The van der Waals surface area contributed by atoms with Gasteiger partial charge in [0.05, 0.1) is 19.3 Å². The first-order valence-corrected chi connectivity index (χ1v) is 11.2. The van der Waals surface area contributed by atoms with Crippen LogP contribution in [0.2, 0.25) is 0 Å². The fourth-order valence-corrected chi connectivity index (χ4v) is 4.53. The molecule has 1 heterocycles. The molecule has 0 amide bonds. The number of rotatable bonds is 7. The molecule has 1 aliphatic rings. The number of hydrogen-bond donors (Lipinski definition) is 1. The summed E-state index contributed by atoms with van der Waals surface area (Å²) in [4.78, 5) is 17.0. The predicted molar refractivity (Wildman–Crippen MR) is 120 cm³/mol. The Morgan fingerprint density at radius 3 is 2.61 bits per heavy atom. The average Bonchev–Trinajstić information content (AvgIpc) is 3.32. The Morgan fingerprint density at radius 1 is 1.18 bits per heavy atom. The number of aliphatic hydroxyl groups is 1. The van der Waals surface area contributed by atoms with E-state index in [2.05, 4.69) is 4.98 Å². The lowest BCUT2D eigenvalue weighted by Crippen LogP contribution is -2.40. The van der Waals surface area contributed by atoms with E-state index in [1.54, 1.807) is 24.3 Å². The Hall–Kier alpha value is -3.03. The molecule has 0 bridgehead atoms. The second-order valence-corrected chi connectivity index (χ2v) is 8.46. The van der Waals surface area contributed by atoms with Crippen molar-refractivity contribution in [3.05, 3.63) is 76.9 Å². The number of oxazole rings is 1. The Morgan fingerprint density at radius 2 is 1.91 bits per heavy atom. The molecule has 1 fully saturated rings. The fourth-order valence-electron chi connectivity index (χ4n) is 4.53. The van der Waals surface area contributed by atoms with E-state index in [1.807, 2.05) is 13.0 Å². The number of carbonyl (C=O) groups excluding carboxylic acids is 1. The van der Waals surface area contributed by atoms with Crippen molar-refractivity contribution in [2.45, 2.75) is 51.4 Å². The molecule has 4 rings (SSSR count). The molecule has 0 saturated heterocycles. The maximum absolute atomic E-state index is 13.2. The number of methoxy groups -OCH3 is 1. The second kappa shape index (κ2) is 9.85. The van der Waals surface area contributed by atoms with Crippen LogP contribution in [0.1, 0.15) is 59.3 Å². The zero-order valence-corrected chi connectivity index (χ0v) is 18.8. The molecule has 7 heteroatoms. The number of hydrogen-bond acceptors (Lipinski definition) is 6. The minimum absolute atomic E-state index is 0.0216. The highest BCUT2D eigenvalue weighted by molar-refractivity contribution is 5.93. The van der Waals surface area contributed by atoms with Crippen molar-refractivity contribution in [1.82, 2.24) is 4.98 Å². The molecule has 174 valence electrons. The van der Waals surface area contributed by atoms with Crippen LogP contribution in [0.4, 0.5) is 4.39 Å². The number of carbonyl (C=O) groups is 1. The third-order valence-electron chi connectivity index (χ3n) is 6.29. The molecule has 0 aliphatic heterocycles. The van der Waals surface area contributed by atoms with Crippen molar-refractivity contribution in [2.75, 3.05) is 7.11 Å². The van der Waals surface area contributed by atoms with Crippen LogP contribution in [-0.2, 0) is 21.9 Å². The van der Waals surface area contributed by atoms with Crippen LogP contribution < -0.4 is 0 Å². The first-order valence-electron chi connectivity index (χ1n) is 11.2. The van der Waals surface area contributed by atoms with Crippen molar-refractivity contribution >= 4 is 5.97 Å². The van der Waals surface area contributed by atoms with Gasteiger partial charge in [0, 0.05) is 17.0 Å². The number of esters is 1. The quantitative estimate of drug-likeness (QED) is 0.375. The molecule has 1 saturated carbocycles. The number of aryl methyl sites for hydroxylation is 1. The van der Waals surface area contributed by atoms with Crippen LogP contribution in [0.15, 0.2) is 53.1 Å². The lowest BCUT2D eigenvalue weighted by molar-refractivity contribution is -0.260. The molecular weight excluding hydrogens is 425 g/mol. The van der Waals surface area contributed by atoms with Crippen LogP contribution >= 0.6 is 0 Å². The molecule has 1 unspecified atom stereocenters. The van der Waals surface area contributed by atoms with Crippen molar-refractivity contribution < 1.29 is 28.2 Å². The van der Waals surface area contributed by atoms with Gasteiger partial charge in [-0.3, -0.25) is 0 Å². The first-order chi connectivity index (χ1) is 15.9. The van der Waals surface area contributed by atoms with Crippen molar-refractivity contribution in [3.8, 4) is 11.5 Å². The van der Waals surface area contributed by atoms with Gasteiger partial charge in [-0.2, -0.15) is 0 Å². The average molecular weight is 454 g/mol. The Bertz CT molecular complexity index is 1100. The summed E-state index contributed by atoms with van der Waals surface area (Å²) in [5, 5.41) is 11.9. The Balaban J connectivity index is 1.65. The third kappa shape index (κ3) is 4.84. The molecule has 6 nitrogen and oxygen atoms in total. The van der Waals surface area contributed by atoms with Gasteiger partial charge < -0.3 is 19.0 Å². The summed E-state index contributed by atoms with van der Waals surface area (Å²) in [6.45, 7) is 1.79. The largest absolute Gasteiger partial charge is 0.465 e. The molecule has 0 radical (unpaired) electrons. The van der Waals surface area contributed by atoms with Crippen LogP contribution in [0.25, 0.3) is 11.5 Å². The van der Waals surface area contributed by atoms with Gasteiger partial charge in [0.1, 0.15) is 17.8 Å². The van der Waals surface area contributed by atoms with E-state index in [4.69, 9.17) is 13.9 Å².